The van der Waals surface area contributed by atoms with Crippen molar-refractivity contribution >= 4 is 12.0 Å². The van der Waals surface area contributed by atoms with E-state index in [9.17, 15) is 4.79 Å². The van der Waals surface area contributed by atoms with Crippen LogP contribution in [0.1, 0.15) is 24.4 Å². The van der Waals surface area contributed by atoms with Gasteiger partial charge in [0.15, 0.2) is 0 Å². The van der Waals surface area contributed by atoms with Crippen LogP contribution in [0.3, 0.4) is 0 Å². The molecule has 1 aromatic heterocycles. The lowest BCUT2D eigenvalue weighted by Gasteiger charge is -2.31. The van der Waals surface area contributed by atoms with E-state index in [1.54, 1.807) is 12.4 Å². The van der Waals surface area contributed by atoms with Gasteiger partial charge in [-0.25, -0.2) is 9.67 Å². The minimum absolute atomic E-state index is 0.0590. The van der Waals surface area contributed by atoms with Crippen molar-refractivity contribution in [2.75, 3.05) is 13.1 Å². The first-order chi connectivity index (χ1) is 10.3. The lowest BCUT2D eigenvalue weighted by Crippen LogP contribution is -2.40. The molecule has 1 atom stereocenters. The van der Waals surface area contributed by atoms with Crippen LogP contribution in [0.2, 0.25) is 0 Å². The summed E-state index contributed by atoms with van der Waals surface area (Å²) in [6, 6.07) is 10.1. The Morgan fingerprint density at radius 1 is 1.29 bits per heavy atom. The lowest BCUT2D eigenvalue weighted by molar-refractivity contribution is -0.127. The molecule has 0 bridgehead atoms. The van der Waals surface area contributed by atoms with Gasteiger partial charge in [-0.15, -0.1) is 0 Å². The molecule has 0 N–H and O–H groups in total. The van der Waals surface area contributed by atoms with Gasteiger partial charge in [0.2, 0.25) is 5.91 Å². The van der Waals surface area contributed by atoms with Crippen LogP contribution < -0.4 is 0 Å². The maximum absolute atomic E-state index is 12.3. The lowest BCUT2D eigenvalue weighted by atomic mass is 10.1. The highest BCUT2D eigenvalue weighted by Gasteiger charge is 2.23. The smallest absolute Gasteiger partial charge is 0.246 e. The van der Waals surface area contributed by atoms with Gasteiger partial charge >= 0.3 is 0 Å². The monoisotopic (exact) mass is 282 g/mol. The highest BCUT2D eigenvalue weighted by atomic mass is 16.2. The zero-order valence-corrected chi connectivity index (χ0v) is 11.8. The Morgan fingerprint density at radius 2 is 2.14 bits per heavy atom. The molecule has 0 saturated carbocycles. The number of benzene rings is 1. The van der Waals surface area contributed by atoms with Crippen molar-refractivity contribution in [2.45, 2.75) is 18.9 Å². The van der Waals surface area contributed by atoms with E-state index in [2.05, 4.69) is 10.1 Å². The second-order valence-electron chi connectivity index (χ2n) is 5.20. The first-order valence-electron chi connectivity index (χ1n) is 7.19. The van der Waals surface area contributed by atoms with Crippen LogP contribution in [-0.2, 0) is 4.79 Å². The SMILES string of the molecule is O=C(/C=C\c1ccccc1)N1CCC[C@H](n2cncn2)C1. The van der Waals surface area contributed by atoms with Crippen LogP contribution in [-0.4, -0.2) is 38.7 Å². The van der Waals surface area contributed by atoms with Crippen molar-refractivity contribution in [1.82, 2.24) is 19.7 Å². The Kier molecular flexibility index (Phi) is 4.09. The van der Waals surface area contributed by atoms with Gasteiger partial charge in [-0.3, -0.25) is 4.79 Å². The molecular weight excluding hydrogens is 264 g/mol. The zero-order chi connectivity index (χ0) is 14.5. The van der Waals surface area contributed by atoms with E-state index in [0.29, 0.717) is 6.54 Å². The third kappa shape index (κ3) is 3.37. The summed E-state index contributed by atoms with van der Waals surface area (Å²) in [7, 11) is 0. The molecule has 5 nitrogen and oxygen atoms in total. The van der Waals surface area contributed by atoms with E-state index >= 15 is 0 Å². The summed E-state index contributed by atoms with van der Waals surface area (Å²) in [5, 5.41) is 4.18. The Bertz CT molecular complexity index is 606. The Hall–Kier alpha value is -2.43. The number of likely N-dealkylation sites (tertiary alicyclic amines) is 1. The minimum Gasteiger partial charge on any atom is -0.337 e. The third-order valence-corrected chi connectivity index (χ3v) is 3.74. The molecule has 108 valence electrons. The van der Waals surface area contributed by atoms with Crippen molar-refractivity contribution in [1.29, 1.82) is 0 Å². The molecule has 1 saturated heterocycles. The van der Waals surface area contributed by atoms with Gasteiger partial charge in [0.25, 0.3) is 0 Å². The van der Waals surface area contributed by atoms with Gasteiger partial charge in [0, 0.05) is 19.2 Å². The highest BCUT2D eigenvalue weighted by molar-refractivity contribution is 5.91. The molecular formula is C16H18N4O. The maximum Gasteiger partial charge on any atom is 0.246 e. The van der Waals surface area contributed by atoms with Crippen LogP contribution in [0, 0.1) is 0 Å². The molecule has 5 heteroatoms. The van der Waals surface area contributed by atoms with Gasteiger partial charge in [-0.2, -0.15) is 5.10 Å². The van der Waals surface area contributed by atoms with E-state index in [1.807, 2.05) is 46.0 Å². The molecule has 0 unspecified atom stereocenters. The fourth-order valence-corrected chi connectivity index (χ4v) is 2.61. The predicted molar refractivity (Wildman–Crippen MR) is 80.3 cm³/mol. The normalized spacial score (nSPS) is 19.0. The Balaban J connectivity index is 1.63. The summed E-state index contributed by atoms with van der Waals surface area (Å²) in [6.07, 6.45) is 8.81. The van der Waals surface area contributed by atoms with Crippen LogP contribution in [0.25, 0.3) is 6.08 Å². The highest BCUT2D eigenvalue weighted by Crippen LogP contribution is 2.20. The number of carbonyl (C=O) groups is 1. The first kappa shape index (κ1) is 13.5. The summed E-state index contributed by atoms with van der Waals surface area (Å²) < 4.78 is 1.85. The van der Waals surface area contributed by atoms with Gasteiger partial charge in [-0.05, 0) is 24.5 Å². The number of carbonyl (C=O) groups excluding carboxylic acids is 1. The van der Waals surface area contributed by atoms with Gasteiger partial charge in [-0.1, -0.05) is 30.3 Å². The summed E-state index contributed by atoms with van der Waals surface area (Å²) in [5.41, 5.74) is 1.04. The number of hydrogen-bond acceptors (Lipinski definition) is 3. The zero-order valence-electron chi connectivity index (χ0n) is 11.8. The van der Waals surface area contributed by atoms with Crippen molar-refractivity contribution < 1.29 is 4.79 Å². The summed E-state index contributed by atoms with van der Waals surface area (Å²) >= 11 is 0. The second kappa shape index (κ2) is 6.35. The van der Waals surface area contributed by atoms with Crippen molar-refractivity contribution in [3.8, 4) is 0 Å². The molecule has 1 fully saturated rings. The topological polar surface area (TPSA) is 51.0 Å². The van der Waals surface area contributed by atoms with Crippen molar-refractivity contribution in [3.05, 3.63) is 54.6 Å². The third-order valence-electron chi connectivity index (χ3n) is 3.74. The molecule has 1 aliphatic heterocycles. The summed E-state index contributed by atoms with van der Waals surface area (Å²) in [4.78, 5) is 18.1. The number of amides is 1. The largest absolute Gasteiger partial charge is 0.337 e. The standard InChI is InChI=1S/C16H18N4O/c21-16(9-8-14-5-2-1-3-6-14)19-10-4-7-15(11-19)20-13-17-12-18-20/h1-3,5-6,8-9,12-13,15H,4,7,10-11H2/b9-8-/t15-/m0/s1. The number of rotatable bonds is 3. The molecule has 21 heavy (non-hydrogen) atoms. The number of hydrogen-bond donors (Lipinski definition) is 0. The molecule has 0 radical (unpaired) electrons. The van der Waals surface area contributed by atoms with E-state index in [0.717, 1.165) is 24.9 Å². The average molecular weight is 282 g/mol. The summed E-state index contributed by atoms with van der Waals surface area (Å²) in [6.45, 7) is 1.50. The van der Waals surface area contributed by atoms with E-state index in [4.69, 9.17) is 0 Å². The second-order valence-corrected chi connectivity index (χ2v) is 5.20. The number of nitrogens with zero attached hydrogens (tertiary/aromatic N) is 4. The van der Waals surface area contributed by atoms with Crippen LogP contribution in [0.5, 0.6) is 0 Å². The van der Waals surface area contributed by atoms with Gasteiger partial charge in [0.05, 0.1) is 6.04 Å². The fourth-order valence-electron chi connectivity index (χ4n) is 2.61. The van der Waals surface area contributed by atoms with E-state index in [-0.39, 0.29) is 11.9 Å². The molecule has 2 heterocycles. The molecule has 2 aromatic rings. The Morgan fingerprint density at radius 3 is 2.90 bits per heavy atom. The molecule has 0 aliphatic carbocycles. The fraction of sp³-hybridized carbons (Fsp3) is 0.312. The van der Waals surface area contributed by atoms with Gasteiger partial charge < -0.3 is 4.90 Å². The van der Waals surface area contributed by atoms with E-state index < -0.39 is 0 Å². The van der Waals surface area contributed by atoms with Gasteiger partial charge in [0.1, 0.15) is 12.7 Å². The first-order valence-corrected chi connectivity index (χ1v) is 7.19. The number of piperidine rings is 1. The average Bonchev–Trinajstić information content (AvgIpc) is 3.08. The van der Waals surface area contributed by atoms with Crippen LogP contribution in [0.4, 0.5) is 0 Å². The van der Waals surface area contributed by atoms with Crippen molar-refractivity contribution in [3.63, 3.8) is 0 Å². The summed E-state index contributed by atoms with van der Waals surface area (Å²) in [5.74, 6) is 0.0590. The predicted octanol–water partition coefficient (Wildman–Crippen LogP) is 2.16. The molecule has 1 aromatic carbocycles. The Labute approximate surface area is 123 Å². The van der Waals surface area contributed by atoms with Crippen LogP contribution in [0.15, 0.2) is 49.1 Å². The molecule has 3 rings (SSSR count). The molecule has 1 aliphatic rings. The van der Waals surface area contributed by atoms with Crippen molar-refractivity contribution in [2.24, 2.45) is 0 Å². The van der Waals surface area contributed by atoms with E-state index in [1.165, 1.54) is 6.33 Å². The number of aromatic nitrogens is 3. The maximum atomic E-state index is 12.3. The quantitative estimate of drug-likeness (QED) is 0.811. The molecule has 1 amide bonds. The molecule has 0 spiro atoms. The minimum atomic E-state index is 0.0590. The van der Waals surface area contributed by atoms with Crippen LogP contribution >= 0.6 is 0 Å².